The molecule has 0 amide bonds. The first-order valence-electron chi connectivity index (χ1n) is 5.22. The maximum Gasteiger partial charge on any atom is 0.170 e. The SMILES string of the molecule is O=Cc1nn(-c2ccccc2)c2c1CNC2. The molecule has 0 saturated carbocycles. The lowest BCUT2D eigenvalue weighted by atomic mass is 10.2. The molecule has 0 radical (unpaired) electrons. The molecule has 3 rings (SSSR count). The Labute approximate surface area is 92.9 Å². The smallest absolute Gasteiger partial charge is 0.170 e. The molecule has 0 unspecified atom stereocenters. The molecule has 2 aromatic rings. The number of hydrogen-bond donors (Lipinski definition) is 1. The Kier molecular flexibility index (Phi) is 2.08. The van der Waals surface area contributed by atoms with Crippen molar-refractivity contribution in [3.63, 3.8) is 0 Å². The highest BCUT2D eigenvalue weighted by molar-refractivity contribution is 5.75. The number of carbonyl (C=O) groups is 1. The van der Waals surface area contributed by atoms with Gasteiger partial charge in [0.2, 0.25) is 0 Å². The first kappa shape index (κ1) is 9.30. The third-order valence-electron chi connectivity index (χ3n) is 2.83. The summed E-state index contributed by atoms with van der Waals surface area (Å²) in [6.45, 7) is 1.50. The summed E-state index contributed by atoms with van der Waals surface area (Å²) in [4.78, 5) is 10.9. The van der Waals surface area contributed by atoms with Gasteiger partial charge in [0.1, 0.15) is 5.69 Å². The minimum absolute atomic E-state index is 0.545. The van der Waals surface area contributed by atoms with E-state index in [1.807, 2.05) is 35.0 Å². The molecule has 2 heterocycles. The molecule has 1 N–H and O–H groups in total. The Morgan fingerprint density at radius 1 is 1.25 bits per heavy atom. The number of aromatic nitrogens is 2. The summed E-state index contributed by atoms with van der Waals surface area (Å²) >= 11 is 0. The third kappa shape index (κ3) is 1.27. The first-order chi connectivity index (χ1) is 7.90. The molecule has 4 nitrogen and oxygen atoms in total. The molecule has 1 aromatic carbocycles. The summed E-state index contributed by atoms with van der Waals surface area (Å²) in [6.07, 6.45) is 0.825. The molecule has 16 heavy (non-hydrogen) atoms. The zero-order valence-corrected chi connectivity index (χ0v) is 8.68. The molecule has 1 aliphatic rings. The maximum absolute atomic E-state index is 10.9. The van der Waals surface area contributed by atoms with E-state index in [9.17, 15) is 4.79 Å². The van der Waals surface area contributed by atoms with Crippen molar-refractivity contribution in [1.82, 2.24) is 15.1 Å². The molecule has 1 aliphatic heterocycles. The van der Waals surface area contributed by atoms with Gasteiger partial charge < -0.3 is 5.32 Å². The number of para-hydroxylation sites is 1. The molecule has 80 valence electrons. The second-order valence-electron chi connectivity index (χ2n) is 3.78. The number of rotatable bonds is 2. The number of hydrogen-bond acceptors (Lipinski definition) is 3. The van der Waals surface area contributed by atoms with Crippen molar-refractivity contribution in [3.05, 3.63) is 47.3 Å². The fourth-order valence-corrected chi connectivity index (χ4v) is 2.06. The maximum atomic E-state index is 10.9. The van der Waals surface area contributed by atoms with Gasteiger partial charge in [0.25, 0.3) is 0 Å². The molecule has 0 bridgehead atoms. The van der Waals surface area contributed by atoms with Crippen LogP contribution in [0, 0.1) is 0 Å². The standard InChI is InChI=1S/C12H11N3O/c16-8-11-10-6-13-7-12(10)15(14-11)9-4-2-1-3-5-9/h1-5,8,13H,6-7H2. The predicted octanol–water partition coefficient (Wildman–Crippen LogP) is 1.29. The summed E-state index contributed by atoms with van der Waals surface area (Å²) in [7, 11) is 0. The van der Waals surface area contributed by atoms with Gasteiger partial charge in [0.05, 0.1) is 11.4 Å². The Balaban J connectivity index is 2.19. The zero-order valence-electron chi connectivity index (χ0n) is 8.68. The van der Waals surface area contributed by atoms with Crippen LogP contribution in [0.15, 0.2) is 30.3 Å². The molecule has 0 saturated heterocycles. The first-order valence-corrected chi connectivity index (χ1v) is 5.22. The molecule has 4 heteroatoms. The van der Waals surface area contributed by atoms with Gasteiger partial charge in [0, 0.05) is 18.7 Å². The zero-order chi connectivity index (χ0) is 11.0. The lowest BCUT2D eigenvalue weighted by Gasteiger charge is -2.04. The Bertz CT molecular complexity index is 531. The number of aldehydes is 1. The van der Waals surface area contributed by atoms with Crippen LogP contribution < -0.4 is 5.32 Å². The van der Waals surface area contributed by atoms with Crippen molar-refractivity contribution in [2.45, 2.75) is 13.1 Å². The number of benzene rings is 1. The highest BCUT2D eigenvalue weighted by Crippen LogP contribution is 2.21. The van der Waals surface area contributed by atoms with Crippen LogP contribution in [0.4, 0.5) is 0 Å². The van der Waals surface area contributed by atoms with Gasteiger partial charge in [-0.3, -0.25) is 4.79 Å². The van der Waals surface area contributed by atoms with E-state index in [4.69, 9.17) is 0 Å². The quantitative estimate of drug-likeness (QED) is 0.764. The van der Waals surface area contributed by atoms with Crippen LogP contribution in [-0.2, 0) is 13.1 Å². The third-order valence-corrected chi connectivity index (χ3v) is 2.83. The van der Waals surface area contributed by atoms with Crippen molar-refractivity contribution < 1.29 is 4.79 Å². The van der Waals surface area contributed by atoms with Crippen LogP contribution >= 0.6 is 0 Å². The highest BCUT2D eigenvalue weighted by Gasteiger charge is 2.22. The number of nitrogens with one attached hydrogen (secondary N) is 1. The average molecular weight is 213 g/mol. The topological polar surface area (TPSA) is 46.9 Å². The summed E-state index contributed by atoms with van der Waals surface area (Å²) in [5.41, 5.74) is 3.66. The lowest BCUT2D eigenvalue weighted by molar-refractivity contribution is 0.111. The lowest BCUT2D eigenvalue weighted by Crippen LogP contribution is -2.08. The number of fused-ring (bicyclic) bond motifs is 1. The molecular weight excluding hydrogens is 202 g/mol. The van der Waals surface area contributed by atoms with E-state index < -0.39 is 0 Å². The molecule has 0 spiro atoms. The highest BCUT2D eigenvalue weighted by atomic mass is 16.1. The second-order valence-corrected chi connectivity index (χ2v) is 3.78. The van der Waals surface area contributed by atoms with Crippen LogP contribution in [0.2, 0.25) is 0 Å². The molecule has 0 fully saturated rings. The number of nitrogens with zero attached hydrogens (tertiary/aromatic N) is 2. The van der Waals surface area contributed by atoms with Crippen molar-refractivity contribution in [1.29, 1.82) is 0 Å². The van der Waals surface area contributed by atoms with Crippen molar-refractivity contribution in [2.24, 2.45) is 0 Å². The van der Waals surface area contributed by atoms with E-state index in [-0.39, 0.29) is 0 Å². The summed E-state index contributed by atoms with van der Waals surface area (Å²) < 4.78 is 1.85. The molecule has 1 aromatic heterocycles. The Morgan fingerprint density at radius 2 is 2.06 bits per heavy atom. The average Bonchev–Trinajstić information content (AvgIpc) is 2.91. The van der Waals surface area contributed by atoms with E-state index in [2.05, 4.69) is 10.4 Å². The molecule has 0 aliphatic carbocycles. The van der Waals surface area contributed by atoms with Crippen LogP contribution in [-0.4, -0.2) is 16.1 Å². The summed E-state index contributed by atoms with van der Waals surface area (Å²) in [5, 5.41) is 7.56. The van der Waals surface area contributed by atoms with Crippen LogP contribution in [0.5, 0.6) is 0 Å². The van der Waals surface area contributed by atoms with Gasteiger partial charge in [0.15, 0.2) is 6.29 Å². The van der Waals surface area contributed by atoms with Gasteiger partial charge in [-0.2, -0.15) is 5.10 Å². The summed E-state index contributed by atoms with van der Waals surface area (Å²) in [5.74, 6) is 0. The Morgan fingerprint density at radius 3 is 2.81 bits per heavy atom. The van der Waals surface area contributed by atoms with Gasteiger partial charge in [-0.25, -0.2) is 4.68 Å². The van der Waals surface area contributed by atoms with E-state index in [0.29, 0.717) is 5.69 Å². The predicted molar refractivity (Wildman–Crippen MR) is 59.5 cm³/mol. The van der Waals surface area contributed by atoms with Crippen molar-refractivity contribution in [3.8, 4) is 5.69 Å². The number of carbonyl (C=O) groups excluding carboxylic acids is 1. The van der Waals surface area contributed by atoms with E-state index in [1.54, 1.807) is 0 Å². The van der Waals surface area contributed by atoms with Crippen molar-refractivity contribution in [2.75, 3.05) is 0 Å². The van der Waals surface area contributed by atoms with Gasteiger partial charge in [-0.15, -0.1) is 0 Å². The Hall–Kier alpha value is -1.94. The second kappa shape index (κ2) is 3.57. The van der Waals surface area contributed by atoms with Gasteiger partial charge in [-0.05, 0) is 12.1 Å². The minimum atomic E-state index is 0.545. The fraction of sp³-hybridized carbons (Fsp3) is 0.167. The molecule has 0 atom stereocenters. The van der Waals surface area contributed by atoms with Crippen LogP contribution in [0.25, 0.3) is 5.69 Å². The molecular formula is C12H11N3O. The fourth-order valence-electron chi connectivity index (χ4n) is 2.06. The van der Waals surface area contributed by atoms with E-state index in [0.717, 1.165) is 36.3 Å². The largest absolute Gasteiger partial charge is 0.307 e. The van der Waals surface area contributed by atoms with Crippen molar-refractivity contribution >= 4 is 6.29 Å². The van der Waals surface area contributed by atoms with E-state index in [1.165, 1.54) is 0 Å². The van der Waals surface area contributed by atoms with Crippen LogP contribution in [0.1, 0.15) is 21.7 Å². The monoisotopic (exact) mass is 213 g/mol. The van der Waals surface area contributed by atoms with E-state index >= 15 is 0 Å². The van der Waals surface area contributed by atoms with Gasteiger partial charge in [-0.1, -0.05) is 18.2 Å². The normalized spacial score (nSPS) is 13.8. The van der Waals surface area contributed by atoms with Gasteiger partial charge >= 0.3 is 0 Å². The minimum Gasteiger partial charge on any atom is -0.307 e. The van der Waals surface area contributed by atoms with Crippen LogP contribution in [0.3, 0.4) is 0 Å². The summed E-state index contributed by atoms with van der Waals surface area (Å²) in [6, 6.07) is 9.87.